The fourth-order valence-electron chi connectivity index (χ4n) is 1.38. The smallest absolute Gasteiger partial charge is 0.226 e. The van der Waals surface area contributed by atoms with Gasteiger partial charge in [0, 0.05) is 23.0 Å². The molecule has 5 heteroatoms. The second-order valence-corrected chi connectivity index (χ2v) is 4.84. The SMILES string of the molecule is O=C(CCc1ccc(Cl)cc1)Nc1nccs1. The minimum Gasteiger partial charge on any atom is -0.302 e. The monoisotopic (exact) mass is 266 g/mol. The summed E-state index contributed by atoms with van der Waals surface area (Å²) in [6, 6.07) is 7.52. The number of anilines is 1. The highest BCUT2D eigenvalue weighted by molar-refractivity contribution is 7.13. The van der Waals surface area contributed by atoms with E-state index in [1.54, 1.807) is 6.20 Å². The van der Waals surface area contributed by atoms with Crippen molar-refractivity contribution in [3.63, 3.8) is 0 Å². The number of amides is 1. The van der Waals surface area contributed by atoms with Gasteiger partial charge >= 0.3 is 0 Å². The molecule has 0 bridgehead atoms. The van der Waals surface area contributed by atoms with Crippen LogP contribution in [0.15, 0.2) is 35.8 Å². The van der Waals surface area contributed by atoms with Crippen molar-refractivity contribution < 1.29 is 4.79 Å². The number of nitrogens with zero attached hydrogens (tertiary/aromatic N) is 1. The molecule has 0 spiro atoms. The number of halogens is 1. The molecule has 17 heavy (non-hydrogen) atoms. The first-order chi connectivity index (χ1) is 8.24. The fraction of sp³-hybridized carbons (Fsp3) is 0.167. The van der Waals surface area contributed by atoms with Crippen molar-refractivity contribution in [2.45, 2.75) is 12.8 Å². The number of nitrogens with one attached hydrogen (secondary N) is 1. The standard InChI is InChI=1S/C12H11ClN2OS/c13-10-4-1-9(2-5-10)3-6-11(16)15-12-14-7-8-17-12/h1-2,4-5,7-8H,3,6H2,(H,14,15,16). The number of hydrogen-bond acceptors (Lipinski definition) is 3. The molecule has 2 rings (SSSR count). The number of benzene rings is 1. The minimum atomic E-state index is -0.0186. The maximum Gasteiger partial charge on any atom is 0.226 e. The van der Waals surface area contributed by atoms with Crippen LogP contribution in [0.25, 0.3) is 0 Å². The van der Waals surface area contributed by atoms with Crippen LogP contribution in [0, 0.1) is 0 Å². The molecule has 1 heterocycles. The molecule has 0 saturated heterocycles. The molecule has 0 aliphatic heterocycles. The Morgan fingerprint density at radius 2 is 2.12 bits per heavy atom. The molecule has 0 fully saturated rings. The molecule has 0 aliphatic rings. The summed E-state index contributed by atoms with van der Waals surface area (Å²) >= 11 is 7.20. The van der Waals surface area contributed by atoms with E-state index < -0.39 is 0 Å². The number of hydrogen-bond donors (Lipinski definition) is 1. The van der Waals surface area contributed by atoms with Gasteiger partial charge in [0.05, 0.1) is 0 Å². The summed E-state index contributed by atoms with van der Waals surface area (Å²) in [4.78, 5) is 15.6. The minimum absolute atomic E-state index is 0.0186. The van der Waals surface area contributed by atoms with E-state index in [4.69, 9.17) is 11.6 Å². The first kappa shape index (κ1) is 12.1. The summed E-state index contributed by atoms with van der Waals surface area (Å²) in [6.45, 7) is 0. The number of carbonyl (C=O) groups excluding carboxylic acids is 1. The molecule has 88 valence electrons. The molecule has 0 aliphatic carbocycles. The highest BCUT2D eigenvalue weighted by Gasteiger charge is 2.04. The van der Waals surface area contributed by atoms with E-state index in [0.29, 0.717) is 23.0 Å². The van der Waals surface area contributed by atoms with Crippen LogP contribution in [0.3, 0.4) is 0 Å². The summed E-state index contributed by atoms with van der Waals surface area (Å²) in [5.41, 5.74) is 1.10. The van der Waals surface area contributed by atoms with Gasteiger partial charge in [0.2, 0.25) is 5.91 Å². The van der Waals surface area contributed by atoms with Crippen LogP contribution >= 0.6 is 22.9 Å². The molecule has 0 atom stereocenters. The fourth-order valence-corrected chi connectivity index (χ4v) is 2.05. The Balaban J connectivity index is 1.82. The Bertz CT molecular complexity index is 482. The molecule has 0 saturated carbocycles. The van der Waals surface area contributed by atoms with Gasteiger partial charge in [-0.15, -0.1) is 11.3 Å². The number of rotatable bonds is 4. The van der Waals surface area contributed by atoms with Gasteiger partial charge in [0.25, 0.3) is 0 Å². The highest BCUT2D eigenvalue weighted by Crippen LogP contribution is 2.13. The van der Waals surface area contributed by atoms with Gasteiger partial charge in [-0.1, -0.05) is 23.7 Å². The van der Waals surface area contributed by atoms with Crippen molar-refractivity contribution in [1.29, 1.82) is 0 Å². The Morgan fingerprint density at radius 3 is 2.76 bits per heavy atom. The van der Waals surface area contributed by atoms with E-state index in [2.05, 4.69) is 10.3 Å². The molecule has 1 aromatic heterocycles. The van der Waals surface area contributed by atoms with Crippen LogP contribution in [-0.4, -0.2) is 10.9 Å². The van der Waals surface area contributed by atoms with Crippen molar-refractivity contribution in [3.8, 4) is 0 Å². The third-order valence-electron chi connectivity index (χ3n) is 2.23. The molecule has 0 radical (unpaired) electrons. The van der Waals surface area contributed by atoms with Gasteiger partial charge in [0.1, 0.15) is 0 Å². The molecule has 1 aromatic carbocycles. The van der Waals surface area contributed by atoms with Gasteiger partial charge in [-0.25, -0.2) is 4.98 Å². The van der Waals surface area contributed by atoms with E-state index in [0.717, 1.165) is 5.56 Å². The van der Waals surface area contributed by atoms with Gasteiger partial charge < -0.3 is 5.32 Å². The van der Waals surface area contributed by atoms with Crippen molar-refractivity contribution in [1.82, 2.24) is 4.98 Å². The quantitative estimate of drug-likeness (QED) is 0.922. The normalized spacial score (nSPS) is 10.2. The van der Waals surface area contributed by atoms with Crippen LogP contribution in [0.2, 0.25) is 5.02 Å². The van der Waals surface area contributed by atoms with E-state index in [-0.39, 0.29) is 5.91 Å². The van der Waals surface area contributed by atoms with Crippen molar-refractivity contribution in [2.24, 2.45) is 0 Å². The van der Waals surface area contributed by atoms with E-state index in [1.165, 1.54) is 11.3 Å². The Morgan fingerprint density at radius 1 is 1.35 bits per heavy atom. The lowest BCUT2D eigenvalue weighted by atomic mass is 10.1. The average Bonchev–Trinajstić information content (AvgIpc) is 2.81. The average molecular weight is 267 g/mol. The van der Waals surface area contributed by atoms with Gasteiger partial charge in [-0.2, -0.15) is 0 Å². The second-order valence-electron chi connectivity index (χ2n) is 3.51. The predicted molar refractivity (Wildman–Crippen MR) is 70.5 cm³/mol. The largest absolute Gasteiger partial charge is 0.302 e. The third kappa shape index (κ3) is 3.84. The first-order valence-electron chi connectivity index (χ1n) is 5.18. The Hall–Kier alpha value is -1.39. The molecule has 1 amide bonds. The highest BCUT2D eigenvalue weighted by atomic mass is 35.5. The Kier molecular flexibility index (Phi) is 4.12. The van der Waals surface area contributed by atoms with Crippen LogP contribution in [0.1, 0.15) is 12.0 Å². The van der Waals surface area contributed by atoms with Gasteiger partial charge in [-0.3, -0.25) is 4.79 Å². The van der Waals surface area contributed by atoms with E-state index >= 15 is 0 Å². The molecule has 1 N–H and O–H groups in total. The van der Waals surface area contributed by atoms with Crippen LogP contribution in [0.5, 0.6) is 0 Å². The Labute approximate surface area is 108 Å². The molecule has 0 unspecified atom stereocenters. The van der Waals surface area contributed by atoms with Gasteiger partial charge in [0.15, 0.2) is 5.13 Å². The van der Waals surface area contributed by atoms with Crippen molar-refractivity contribution in [3.05, 3.63) is 46.4 Å². The lowest BCUT2D eigenvalue weighted by molar-refractivity contribution is -0.116. The zero-order valence-electron chi connectivity index (χ0n) is 9.02. The first-order valence-corrected chi connectivity index (χ1v) is 6.43. The zero-order chi connectivity index (χ0) is 12.1. The van der Waals surface area contributed by atoms with Crippen LogP contribution in [-0.2, 0) is 11.2 Å². The number of aryl methyl sites for hydroxylation is 1. The summed E-state index contributed by atoms with van der Waals surface area (Å²) in [5, 5.41) is 5.93. The van der Waals surface area contributed by atoms with E-state index in [9.17, 15) is 4.79 Å². The molecular weight excluding hydrogens is 256 g/mol. The lowest BCUT2D eigenvalue weighted by Crippen LogP contribution is -2.11. The zero-order valence-corrected chi connectivity index (χ0v) is 10.6. The van der Waals surface area contributed by atoms with Crippen molar-refractivity contribution in [2.75, 3.05) is 5.32 Å². The maximum absolute atomic E-state index is 11.6. The number of carbonyl (C=O) groups is 1. The third-order valence-corrected chi connectivity index (χ3v) is 3.17. The van der Waals surface area contributed by atoms with Gasteiger partial charge in [-0.05, 0) is 24.1 Å². The predicted octanol–water partition coefficient (Wildman–Crippen LogP) is 3.37. The van der Waals surface area contributed by atoms with E-state index in [1.807, 2.05) is 29.6 Å². The van der Waals surface area contributed by atoms with Crippen LogP contribution in [0.4, 0.5) is 5.13 Å². The van der Waals surface area contributed by atoms with Crippen molar-refractivity contribution >= 4 is 34.0 Å². The second kappa shape index (κ2) is 5.80. The maximum atomic E-state index is 11.6. The molecule has 3 nitrogen and oxygen atoms in total. The van der Waals surface area contributed by atoms with Crippen LogP contribution < -0.4 is 5.32 Å². The summed E-state index contributed by atoms with van der Waals surface area (Å²) in [6.07, 6.45) is 2.81. The summed E-state index contributed by atoms with van der Waals surface area (Å²) in [7, 11) is 0. The molecule has 2 aromatic rings. The molecular formula is C12H11ClN2OS. The summed E-state index contributed by atoms with van der Waals surface area (Å²) < 4.78 is 0. The topological polar surface area (TPSA) is 42.0 Å². The number of thiazole rings is 1. The number of aromatic nitrogens is 1. The summed E-state index contributed by atoms with van der Waals surface area (Å²) in [5.74, 6) is -0.0186. The lowest BCUT2D eigenvalue weighted by Gasteiger charge is -2.02.